The fourth-order valence-electron chi connectivity index (χ4n) is 4.04. The van der Waals surface area contributed by atoms with E-state index >= 15 is 0 Å². The number of allylic oxidation sites excluding steroid dienone is 3. The van der Waals surface area contributed by atoms with E-state index in [1.165, 1.54) is 24.4 Å². The summed E-state index contributed by atoms with van der Waals surface area (Å²) < 4.78 is 19.0. The van der Waals surface area contributed by atoms with Gasteiger partial charge in [0.15, 0.2) is 0 Å². The summed E-state index contributed by atoms with van der Waals surface area (Å²) >= 11 is 0. The molecule has 1 N–H and O–H groups in total. The summed E-state index contributed by atoms with van der Waals surface area (Å²) in [5, 5.41) is 3.49. The fourth-order valence-corrected chi connectivity index (χ4v) is 4.04. The van der Waals surface area contributed by atoms with Crippen LogP contribution in [0.15, 0.2) is 46.8 Å². The molecule has 2 aliphatic rings. The van der Waals surface area contributed by atoms with E-state index in [4.69, 9.17) is 4.74 Å². The van der Waals surface area contributed by atoms with Crippen molar-refractivity contribution in [2.24, 2.45) is 5.41 Å². The van der Waals surface area contributed by atoms with Gasteiger partial charge in [-0.05, 0) is 54.4 Å². The number of dihydropyridines is 1. The van der Waals surface area contributed by atoms with Gasteiger partial charge in [-0.25, -0.2) is 9.18 Å². The maximum atomic E-state index is 13.9. The zero-order valence-electron chi connectivity index (χ0n) is 15.4. The van der Waals surface area contributed by atoms with Crippen molar-refractivity contribution < 1.29 is 13.9 Å². The Labute approximate surface area is 149 Å². The van der Waals surface area contributed by atoms with Gasteiger partial charge < -0.3 is 10.1 Å². The van der Waals surface area contributed by atoms with Crippen molar-refractivity contribution in [3.8, 4) is 0 Å². The molecule has 1 heterocycles. The third kappa shape index (κ3) is 3.35. The number of rotatable bonds is 3. The molecule has 1 aromatic carbocycles. The third-order valence-corrected chi connectivity index (χ3v) is 5.31. The molecule has 0 saturated heterocycles. The molecule has 4 heteroatoms. The van der Waals surface area contributed by atoms with Gasteiger partial charge in [-0.15, -0.1) is 0 Å². The maximum Gasteiger partial charge on any atom is 0.336 e. The van der Waals surface area contributed by atoms with Gasteiger partial charge in [-0.2, -0.15) is 0 Å². The largest absolute Gasteiger partial charge is 0.466 e. The van der Waals surface area contributed by atoms with E-state index in [1.54, 1.807) is 12.1 Å². The summed E-state index contributed by atoms with van der Waals surface area (Å²) in [6.07, 6.45) is 3.63. The van der Waals surface area contributed by atoms with Crippen molar-refractivity contribution in [2.75, 3.05) is 7.11 Å². The number of hydrogen-bond acceptors (Lipinski definition) is 3. The maximum absolute atomic E-state index is 13.9. The molecule has 1 unspecified atom stereocenters. The molecule has 0 spiro atoms. The van der Waals surface area contributed by atoms with E-state index in [1.807, 2.05) is 13.0 Å². The van der Waals surface area contributed by atoms with Crippen molar-refractivity contribution >= 4 is 5.97 Å². The average Bonchev–Trinajstić information content (AvgIpc) is 2.58. The molecule has 1 aliphatic heterocycles. The van der Waals surface area contributed by atoms with Gasteiger partial charge >= 0.3 is 5.97 Å². The Morgan fingerprint density at radius 3 is 2.80 bits per heavy atom. The highest BCUT2D eigenvalue weighted by Crippen LogP contribution is 2.49. The summed E-state index contributed by atoms with van der Waals surface area (Å²) in [5.41, 5.74) is 4.87. The Morgan fingerprint density at radius 2 is 2.16 bits per heavy atom. The second-order valence-electron chi connectivity index (χ2n) is 7.70. The Hall–Kier alpha value is -2.10. The number of nitrogens with one attached hydrogen (secondary N) is 1. The molecule has 0 fully saturated rings. The molecule has 3 nitrogen and oxygen atoms in total. The predicted octanol–water partition coefficient (Wildman–Crippen LogP) is 4.81. The summed E-state index contributed by atoms with van der Waals surface area (Å²) in [6.45, 7) is 6.51. The molecule has 25 heavy (non-hydrogen) atoms. The van der Waals surface area contributed by atoms with E-state index in [-0.39, 0.29) is 23.1 Å². The number of esters is 1. The molecule has 134 valence electrons. The molecule has 0 saturated carbocycles. The van der Waals surface area contributed by atoms with Crippen molar-refractivity contribution in [3.63, 3.8) is 0 Å². The van der Waals surface area contributed by atoms with E-state index < -0.39 is 0 Å². The number of halogens is 1. The highest BCUT2D eigenvalue weighted by Gasteiger charge is 2.39. The van der Waals surface area contributed by atoms with Gasteiger partial charge in [0.05, 0.1) is 12.7 Å². The number of ether oxygens (including phenoxy) is 1. The van der Waals surface area contributed by atoms with Crippen LogP contribution in [0.1, 0.15) is 57.9 Å². The van der Waals surface area contributed by atoms with Crippen LogP contribution in [0.3, 0.4) is 0 Å². The van der Waals surface area contributed by atoms with Crippen molar-refractivity contribution in [3.05, 3.63) is 58.2 Å². The van der Waals surface area contributed by atoms with Crippen molar-refractivity contribution in [1.82, 2.24) is 5.32 Å². The van der Waals surface area contributed by atoms with Crippen molar-refractivity contribution in [1.29, 1.82) is 0 Å². The third-order valence-electron chi connectivity index (χ3n) is 5.31. The molecule has 1 aliphatic carbocycles. The number of carbonyl (C=O) groups is 1. The van der Waals surface area contributed by atoms with Crippen molar-refractivity contribution in [2.45, 2.75) is 52.4 Å². The predicted molar refractivity (Wildman–Crippen MR) is 96.3 cm³/mol. The van der Waals surface area contributed by atoms with E-state index in [2.05, 4.69) is 19.2 Å². The Bertz CT molecular complexity index is 761. The molecular formula is C21H26FNO2. The standard InChI is InChI=1S/C21H26FNO2/c1-5-16-19(20(24)25-4)18(13-7-6-8-14(22)11-13)15-12-21(2,3)10-9-17(15)23-16/h6-8,11,18,23H,5,9-10,12H2,1-4H3. The molecule has 3 rings (SSSR count). The summed E-state index contributed by atoms with van der Waals surface area (Å²) in [5.74, 6) is -0.863. The fraction of sp³-hybridized carbons (Fsp3) is 0.476. The van der Waals surface area contributed by atoms with E-state index in [0.717, 1.165) is 30.5 Å². The molecular weight excluding hydrogens is 317 g/mol. The minimum Gasteiger partial charge on any atom is -0.466 e. The van der Waals surface area contributed by atoms with Gasteiger partial charge in [0.1, 0.15) is 5.82 Å². The van der Waals surface area contributed by atoms with Gasteiger partial charge in [-0.3, -0.25) is 0 Å². The van der Waals surface area contributed by atoms with Crippen LogP contribution in [0, 0.1) is 11.2 Å². The first-order valence-electron chi connectivity index (χ1n) is 8.92. The van der Waals surface area contributed by atoms with Crippen LogP contribution in [0.25, 0.3) is 0 Å². The lowest BCUT2D eigenvalue weighted by Crippen LogP contribution is -2.35. The molecule has 1 atom stereocenters. The lowest BCUT2D eigenvalue weighted by Gasteiger charge is -2.41. The lowest BCUT2D eigenvalue weighted by atomic mass is 9.68. The first kappa shape index (κ1) is 17.7. The smallest absolute Gasteiger partial charge is 0.336 e. The Balaban J connectivity index is 2.19. The van der Waals surface area contributed by atoms with Crippen LogP contribution in [0.4, 0.5) is 4.39 Å². The molecule has 0 radical (unpaired) electrons. The first-order valence-corrected chi connectivity index (χ1v) is 8.92. The molecule has 0 aromatic heterocycles. The number of hydrogen-bond donors (Lipinski definition) is 1. The zero-order chi connectivity index (χ0) is 18.2. The number of benzene rings is 1. The number of carbonyl (C=O) groups excluding carboxylic acids is 1. The highest BCUT2D eigenvalue weighted by molar-refractivity contribution is 5.92. The van der Waals surface area contributed by atoms with Crippen LogP contribution in [0.5, 0.6) is 0 Å². The van der Waals surface area contributed by atoms with Gasteiger partial charge in [0.2, 0.25) is 0 Å². The minimum atomic E-state index is -0.339. The normalized spacial score (nSPS) is 22.4. The summed E-state index contributed by atoms with van der Waals surface area (Å²) in [6, 6.07) is 6.59. The van der Waals surface area contributed by atoms with E-state index in [0.29, 0.717) is 12.0 Å². The highest BCUT2D eigenvalue weighted by atomic mass is 19.1. The quantitative estimate of drug-likeness (QED) is 0.800. The van der Waals surface area contributed by atoms with Gasteiger partial charge in [-0.1, -0.05) is 32.9 Å². The first-order chi connectivity index (χ1) is 11.9. The Kier molecular flexibility index (Phi) is 4.72. The van der Waals surface area contributed by atoms with Gasteiger partial charge in [0, 0.05) is 17.3 Å². The summed E-state index contributed by atoms with van der Waals surface area (Å²) in [4.78, 5) is 12.6. The monoisotopic (exact) mass is 343 g/mol. The second-order valence-corrected chi connectivity index (χ2v) is 7.70. The topological polar surface area (TPSA) is 38.3 Å². The van der Waals surface area contributed by atoms with Crippen LogP contribution >= 0.6 is 0 Å². The van der Waals surface area contributed by atoms with E-state index in [9.17, 15) is 9.18 Å². The summed E-state index contributed by atoms with van der Waals surface area (Å²) in [7, 11) is 1.40. The van der Waals surface area contributed by atoms with Crippen LogP contribution in [0.2, 0.25) is 0 Å². The van der Waals surface area contributed by atoms with Crippen LogP contribution in [-0.2, 0) is 9.53 Å². The lowest BCUT2D eigenvalue weighted by molar-refractivity contribution is -0.136. The molecule has 0 bridgehead atoms. The molecule has 1 aromatic rings. The van der Waals surface area contributed by atoms with Crippen LogP contribution in [-0.4, -0.2) is 13.1 Å². The minimum absolute atomic E-state index is 0.164. The average molecular weight is 343 g/mol. The Morgan fingerprint density at radius 1 is 1.40 bits per heavy atom. The zero-order valence-corrected chi connectivity index (χ0v) is 15.4. The SMILES string of the molecule is CCC1=C(C(=O)OC)C(c2cccc(F)c2)C2=C(CCC(C)(C)C2)N1. The number of methoxy groups -OCH3 is 1. The second kappa shape index (κ2) is 6.66. The van der Waals surface area contributed by atoms with Crippen LogP contribution < -0.4 is 5.32 Å². The van der Waals surface area contributed by atoms with Gasteiger partial charge in [0.25, 0.3) is 0 Å². The molecule has 0 amide bonds.